The Morgan fingerprint density at radius 3 is 2.79 bits per heavy atom. The summed E-state index contributed by atoms with van der Waals surface area (Å²) >= 11 is 7.49. The molecule has 0 bridgehead atoms. The van der Waals surface area contributed by atoms with E-state index in [1.165, 1.54) is 11.8 Å². The summed E-state index contributed by atoms with van der Waals surface area (Å²) in [7, 11) is 0. The smallest absolute Gasteiger partial charge is 0.260 e. The molecule has 122 valence electrons. The van der Waals surface area contributed by atoms with E-state index in [4.69, 9.17) is 11.6 Å². The van der Waals surface area contributed by atoms with Gasteiger partial charge < -0.3 is 10.6 Å². The highest BCUT2D eigenvalue weighted by atomic mass is 35.5. The number of rotatable bonds is 4. The van der Waals surface area contributed by atoms with Crippen molar-refractivity contribution in [1.29, 1.82) is 0 Å². The van der Waals surface area contributed by atoms with E-state index >= 15 is 0 Å². The van der Waals surface area contributed by atoms with Crippen LogP contribution < -0.4 is 10.6 Å². The molecule has 0 aromatic heterocycles. The number of aryl methyl sites for hydroxylation is 1. The third-order valence-corrected chi connectivity index (χ3v) is 4.83. The lowest BCUT2D eigenvalue weighted by Gasteiger charge is -2.15. The van der Waals surface area contributed by atoms with E-state index in [2.05, 4.69) is 10.6 Å². The van der Waals surface area contributed by atoms with Gasteiger partial charge in [-0.1, -0.05) is 71.9 Å². The summed E-state index contributed by atoms with van der Waals surface area (Å²) in [6, 6.07) is 15.6. The van der Waals surface area contributed by atoms with Crippen molar-refractivity contribution >= 4 is 41.0 Å². The van der Waals surface area contributed by atoms with Crippen LogP contribution in [0.25, 0.3) is 6.08 Å². The van der Waals surface area contributed by atoms with Gasteiger partial charge in [0.2, 0.25) is 0 Å². The largest absolute Gasteiger partial charge is 0.356 e. The second-order valence-electron chi connectivity index (χ2n) is 5.38. The van der Waals surface area contributed by atoms with Gasteiger partial charge in [-0.05, 0) is 36.3 Å². The standard InChI is InChI=1S/C19H17ClN2OS/c1-13-10-11-15(20)12-16(13)21-19-22-18(23)17(24-19)9-5-8-14-6-3-2-4-7-14/h2-12,19,21H,1H3,(H,22,23)/b8-5+,17-9-. The zero-order valence-electron chi connectivity index (χ0n) is 13.1. The number of carbonyl (C=O) groups excluding carboxylic acids is 1. The number of anilines is 1. The fourth-order valence-electron chi connectivity index (χ4n) is 2.28. The molecule has 1 aliphatic rings. The van der Waals surface area contributed by atoms with E-state index in [1.807, 2.05) is 73.7 Å². The first-order chi connectivity index (χ1) is 11.6. The Balaban J connectivity index is 1.66. The van der Waals surface area contributed by atoms with Crippen LogP contribution in [0.1, 0.15) is 11.1 Å². The number of carbonyl (C=O) groups is 1. The molecule has 0 spiro atoms. The first-order valence-electron chi connectivity index (χ1n) is 7.55. The second-order valence-corrected chi connectivity index (χ2v) is 6.96. The molecular weight excluding hydrogens is 340 g/mol. The molecule has 1 saturated heterocycles. The molecule has 24 heavy (non-hydrogen) atoms. The van der Waals surface area contributed by atoms with E-state index < -0.39 is 0 Å². The Labute approximate surface area is 150 Å². The van der Waals surface area contributed by atoms with Gasteiger partial charge in [0.1, 0.15) is 0 Å². The molecule has 3 rings (SSSR count). The minimum absolute atomic E-state index is 0.0742. The molecule has 2 aromatic rings. The maximum Gasteiger partial charge on any atom is 0.260 e. The molecule has 0 saturated carbocycles. The molecule has 1 heterocycles. The zero-order chi connectivity index (χ0) is 16.9. The van der Waals surface area contributed by atoms with E-state index in [0.717, 1.165) is 16.8 Å². The predicted molar refractivity (Wildman–Crippen MR) is 103 cm³/mol. The summed E-state index contributed by atoms with van der Waals surface area (Å²) in [5, 5.41) is 6.88. The fraction of sp³-hybridized carbons (Fsp3) is 0.105. The molecule has 0 aliphatic carbocycles. The topological polar surface area (TPSA) is 41.1 Å². The average Bonchev–Trinajstić information content (AvgIpc) is 2.92. The molecule has 0 radical (unpaired) electrons. The van der Waals surface area contributed by atoms with Crippen LogP contribution >= 0.6 is 23.4 Å². The highest BCUT2D eigenvalue weighted by molar-refractivity contribution is 8.05. The van der Waals surface area contributed by atoms with E-state index in [1.54, 1.807) is 0 Å². The van der Waals surface area contributed by atoms with Crippen LogP contribution in [0, 0.1) is 6.92 Å². The monoisotopic (exact) mass is 356 g/mol. The molecule has 5 heteroatoms. The van der Waals surface area contributed by atoms with Gasteiger partial charge in [-0.25, -0.2) is 0 Å². The number of allylic oxidation sites excluding steroid dienone is 2. The Morgan fingerprint density at radius 1 is 1.21 bits per heavy atom. The Hall–Kier alpha value is -2.17. The molecule has 2 aromatic carbocycles. The fourth-order valence-corrected chi connectivity index (χ4v) is 3.38. The van der Waals surface area contributed by atoms with Crippen molar-refractivity contribution in [3.8, 4) is 0 Å². The van der Waals surface area contributed by atoms with Crippen molar-refractivity contribution in [2.45, 2.75) is 12.4 Å². The van der Waals surface area contributed by atoms with Gasteiger partial charge in [-0.2, -0.15) is 0 Å². The number of benzene rings is 2. The molecule has 1 aliphatic heterocycles. The van der Waals surface area contributed by atoms with E-state index in [9.17, 15) is 4.79 Å². The number of thioether (sulfide) groups is 1. The van der Waals surface area contributed by atoms with E-state index in [-0.39, 0.29) is 11.4 Å². The lowest BCUT2D eigenvalue weighted by molar-refractivity contribution is -0.116. The predicted octanol–water partition coefficient (Wildman–Crippen LogP) is 4.80. The highest BCUT2D eigenvalue weighted by Gasteiger charge is 2.26. The van der Waals surface area contributed by atoms with Crippen molar-refractivity contribution in [3.63, 3.8) is 0 Å². The summed E-state index contributed by atoms with van der Waals surface area (Å²) in [5.41, 5.74) is 2.89. The SMILES string of the molecule is Cc1ccc(Cl)cc1NC1NC(=O)/C(=C/C=C/c2ccccc2)S1. The Kier molecular flexibility index (Phi) is 5.28. The normalized spacial score (nSPS) is 19.0. The summed E-state index contributed by atoms with van der Waals surface area (Å²) in [6.07, 6.45) is 5.70. The van der Waals surface area contributed by atoms with Crippen molar-refractivity contribution < 1.29 is 4.79 Å². The molecule has 1 unspecified atom stereocenters. The molecule has 3 nitrogen and oxygen atoms in total. The highest BCUT2D eigenvalue weighted by Crippen LogP contribution is 2.30. The minimum Gasteiger partial charge on any atom is -0.356 e. The van der Waals surface area contributed by atoms with Crippen LogP contribution in [0.3, 0.4) is 0 Å². The van der Waals surface area contributed by atoms with Gasteiger partial charge in [0.15, 0.2) is 5.50 Å². The summed E-state index contributed by atoms with van der Waals surface area (Å²) in [4.78, 5) is 12.7. The lowest BCUT2D eigenvalue weighted by Crippen LogP contribution is -2.31. The van der Waals surface area contributed by atoms with Gasteiger partial charge in [-0.15, -0.1) is 0 Å². The Morgan fingerprint density at radius 2 is 2.00 bits per heavy atom. The van der Waals surface area contributed by atoms with E-state index in [0.29, 0.717) is 9.93 Å². The number of amides is 1. The van der Waals surface area contributed by atoms with Gasteiger partial charge in [0.25, 0.3) is 5.91 Å². The van der Waals surface area contributed by atoms with Crippen molar-refractivity contribution in [2.24, 2.45) is 0 Å². The van der Waals surface area contributed by atoms with Crippen LogP contribution in [-0.4, -0.2) is 11.4 Å². The number of nitrogens with one attached hydrogen (secondary N) is 2. The zero-order valence-corrected chi connectivity index (χ0v) is 14.7. The van der Waals surface area contributed by atoms with Gasteiger partial charge in [-0.3, -0.25) is 4.79 Å². The van der Waals surface area contributed by atoms with Crippen LogP contribution in [0.15, 0.2) is 65.6 Å². The van der Waals surface area contributed by atoms with Gasteiger partial charge in [0.05, 0.1) is 4.91 Å². The minimum atomic E-state index is -0.203. The van der Waals surface area contributed by atoms with Crippen LogP contribution in [-0.2, 0) is 4.79 Å². The molecule has 2 N–H and O–H groups in total. The first kappa shape index (κ1) is 16.7. The van der Waals surface area contributed by atoms with Crippen LogP contribution in [0.4, 0.5) is 5.69 Å². The van der Waals surface area contributed by atoms with Crippen molar-refractivity contribution in [1.82, 2.24) is 5.32 Å². The molecular formula is C19H17ClN2OS. The third-order valence-electron chi connectivity index (χ3n) is 3.55. The van der Waals surface area contributed by atoms with Crippen LogP contribution in [0.5, 0.6) is 0 Å². The third kappa shape index (κ3) is 4.22. The number of halogens is 1. The average molecular weight is 357 g/mol. The summed E-state index contributed by atoms with van der Waals surface area (Å²) < 4.78 is 0. The summed E-state index contributed by atoms with van der Waals surface area (Å²) in [5.74, 6) is -0.0742. The maximum absolute atomic E-state index is 12.1. The maximum atomic E-state index is 12.1. The quantitative estimate of drug-likeness (QED) is 0.773. The summed E-state index contributed by atoms with van der Waals surface area (Å²) in [6.45, 7) is 2.00. The molecule has 1 atom stereocenters. The first-order valence-corrected chi connectivity index (χ1v) is 8.81. The van der Waals surface area contributed by atoms with Gasteiger partial charge in [0, 0.05) is 10.7 Å². The van der Waals surface area contributed by atoms with Gasteiger partial charge >= 0.3 is 0 Å². The number of hydrogen-bond acceptors (Lipinski definition) is 3. The van der Waals surface area contributed by atoms with Crippen LogP contribution in [0.2, 0.25) is 5.02 Å². The molecule has 1 fully saturated rings. The lowest BCUT2D eigenvalue weighted by atomic mass is 10.2. The Bertz CT molecular complexity index is 802. The van der Waals surface area contributed by atoms with Crippen molar-refractivity contribution in [3.05, 3.63) is 81.7 Å². The second kappa shape index (κ2) is 7.60. The van der Waals surface area contributed by atoms with Crippen molar-refractivity contribution in [2.75, 3.05) is 5.32 Å². The number of hydrogen-bond donors (Lipinski definition) is 2. The molecule has 1 amide bonds.